The van der Waals surface area contributed by atoms with E-state index in [4.69, 9.17) is 34.8 Å². The molecule has 1 amide bonds. The molecule has 23 heavy (non-hydrogen) atoms. The van der Waals surface area contributed by atoms with Gasteiger partial charge in [-0.2, -0.15) is 0 Å². The van der Waals surface area contributed by atoms with Gasteiger partial charge in [0.25, 0.3) is 0 Å². The van der Waals surface area contributed by atoms with Gasteiger partial charge in [0, 0.05) is 17.1 Å². The summed E-state index contributed by atoms with van der Waals surface area (Å²) in [4.78, 5) is 13.7. The summed E-state index contributed by atoms with van der Waals surface area (Å²) in [5.74, 6) is -0.714. The highest BCUT2D eigenvalue weighted by molar-refractivity contribution is 6.39. The lowest BCUT2D eigenvalue weighted by Crippen LogP contribution is -2.30. The topological polar surface area (TPSA) is 32.3 Å². The highest BCUT2D eigenvalue weighted by Crippen LogP contribution is 2.29. The highest BCUT2D eigenvalue weighted by atomic mass is 35.5. The molecular weight excluding hydrogens is 362 g/mol. The van der Waals surface area contributed by atoms with Crippen molar-refractivity contribution >= 4 is 46.4 Å². The van der Waals surface area contributed by atoms with Crippen molar-refractivity contribution in [3.63, 3.8) is 0 Å². The van der Waals surface area contributed by atoms with Crippen molar-refractivity contribution < 1.29 is 9.18 Å². The SMILES string of the molecule is CN(CC(=O)Nc1c(Cl)cccc1Cl)Cc1c(F)cccc1Cl. The van der Waals surface area contributed by atoms with E-state index in [1.54, 1.807) is 36.2 Å². The highest BCUT2D eigenvalue weighted by Gasteiger charge is 2.14. The number of nitrogens with one attached hydrogen (secondary N) is 1. The van der Waals surface area contributed by atoms with Gasteiger partial charge in [-0.15, -0.1) is 0 Å². The van der Waals surface area contributed by atoms with Crippen LogP contribution in [0.5, 0.6) is 0 Å². The van der Waals surface area contributed by atoms with E-state index >= 15 is 0 Å². The molecular formula is C16H14Cl3FN2O. The van der Waals surface area contributed by atoms with Crippen LogP contribution in [0.4, 0.5) is 10.1 Å². The van der Waals surface area contributed by atoms with Crippen molar-refractivity contribution in [2.24, 2.45) is 0 Å². The number of nitrogens with zero attached hydrogens (tertiary/aromatic N) is 1. The second-order valence-electron chi connectivity index (χ2n) is 5.02. The fraction of sp³-hybridized carbons (Fsp3) is 0.188. The van der Waals surface area contributed by atoms with Crippen LogP contribution in [0.3, 0.4) is 0 Å². The lowest BCUT2D eigenvalue weighted by molar-refractivity contribution is -0.117. The zero-order valence-electron chi connectivity index (χ0n) is 12.2. The van der Waals surface area contributed by atoms with Gasteiger partial charge in [-0.05, 0) is 31.3 Å². The molecule has 0 aliphatic carbocycles. The predicted octanol–water partition coefficient (Wildman–Crippen LogP) is 4.86. The summed E-state index contributed by atoms with van der Waals surface area (Å²) in [7, 11) is 1.69. The van der Waals surface area contributed by atoms with Gasteiger partial charge in [-0.25, -0.2) is 4.39 Å². The van der Waals surface area contributed by atoms with Crippen molar-refractivity contribution in [1.29, 1.82) is 0 Å². The van der Waals surface area contributed by atoms with Crippen LogP contribution in [0.2, 0.25) is 15.1 Å². The fourth-order valence-electron chi connectivity index (χ4n) is 2.05. The molecule has 0 unspecified atom stereocenters. The second kappa shape index (κ2) is 7.97. The molecule has 1 N–H and O–H groups in total. The molecule has 0 fully saturated rings. The van der Waals surface area contributed by atoms with E-state index in [0.717, 1.165) is 0 Å². The van der Waals surface area contributed by atoms with Gasteiger partial charge in [-0.3, -0.25) is 9.69 Å². The number of carbonyl (C=O) groups is 1. The number of benzene rings is 2. The molecule has 0 aliphatic heterocycles. The minimum atomic E-state index is -0.404. The van der Waals surface area contributed by atoms with E-state index in [1.165, 1.54) is 12.1 Å². The molecule has 0 heterocycles. The van der Waals surface area contributed by atoms with E-state index in [0.29, 0.717) is 26.3 Å². The molecule has 122 valence electrons. The Balaban J connectivity index is 2.00. The lowest BCUT2D eigenvalue weighted by Gasteiger charge is -2.18. The number of anilines is 1. The van der Waals surface area contributed by atoms with Gasteiger partial charge in [-0.1, -0.05) is 46.9 Å². The Kier molecular flexibility index (Phi) is 6.25. The van der Waals surface area contributed by atoms with E-state index in [2.05, 4.69) is 5.32 Å². The van der Waals surface area contributed by atoms with E-state index in [-0.39, 0.29) is 19.0 Å². The maximum Gasteiger partial charge on any atom is 0.238 e. The maximum absolute atomic E-state index is 13.8. The van der Waals surface area contributed by atoms with E-state index in [1.807, 2.05) is 0 Å². The Morgan fingerprint density at radius 2 is 1.65 bits per heavy atom. The number of carbonyl (C=O) groups excluding carboxylic acids is 1. The maximum atomic E-state index is 13.8. The molecule has 0 spiro atoms. The number of rotatable bonds is 5. The first-order chi connectivity index (χ1) is 10.9. The van der Waals surface area contributed by atoms with Gasteiger partial charge >= 0.3 is 0 Å². The van der Waals surface area contributed by atoms with Gasteiger partial charge in [0.2, 0.25) is 5.91 Å². The molecule has 2 aromatic carbocycles. The molecule has 0 atom stereocenters. The van der Waals surface area contributed by atoms with Crippen LogP contribution in [-0.2, 0) is 11.3 Å². The summed E-state index contributed by atoms with van der Waals surface area (Å²) in [5, 5.41) is 3.68. The third-order valence-electron chi connectivity index (χ3n) is 3.13. The summed E-state index contributed by atoms with van der Waals surface area (Å²) in [6.45, 7) is 0.237. The Morgan fingerprint density at radius 3 is 2.26 bits per heavy atom. The summed E-state index contributed by atoms with van der Waals surface area (Å²) < 4.78 is 13.8. The van der Waals surface area contributed by atoms with Crippen LogP contribution in [0.1, 0.15) is 5.56 Å². The number of amides is 1. The summed E-state index contributed by atoms with van der Waals surface area (Å²) in [6, 6.07) is 9.42. The van der Waals surface area contributed by atoms with Crippen LogP contribution in [0.25, 0.3) is 0 Å². The van der Waals surface area contributed by atoms with Gasteiger partial charge < -0.3 is 5.32 Å². The molecule has 0 bridgehead atoms. The third kappa shape index (κ3) is 4.82. The first-order valence-corrected chi connectivity index (χ1v) is 7.87. The van der Waals surface area contributed by atoms with E-state index in [9.17, 15) is 9.18 Å². The molecule has 0 aromatic heterocycles. The molecule has 0 aliphatic rings. The number of para-hydroxylation sites is 1. The van der Waals surface area contributed by atoms with Crippen LogP contribution in [-0.4, -0.2) is 24.4 Å². The molecule has 0 saturated heterocycles. The summed E-state index contributed by atoms with van der Waals surface area (Å²) >= 11 is 18.0. The minimum Gasteiger partial charge on any atom is -0.322 e. The predicted molar refractivity (Wildman–Crippen MR) is 92.8 cm³/mol. The number of halogens is 4. The molecule has 0 saturated carbocycles. The lowest BCUT2D eigenvalue weighted by atomic mass is 10.2. The quantitative estimate of drug-likeness (QED) is 0.809. The van der Waals surface area contributed by atoms with Crippen LogP contribution in [0, 0.1) is 5.82 Å². The molecule has 2 rings (SSSR count). The van der Waals surface area contributed by atoms with Crippen LogP contribution >= 0.6 is 34.8 Å². The number of hydrogen-bond acceptors (Lipinski definition) is 2. The third-order valence-corrected chi connectivity index (χ3v) is 4.11. The summed E-state index contributed by atoms with van der Waals surface area (Å²) in [6.07, 6.45) is 0. The average molecular weight is 376 g/mol. The van der Waals surface area contributed by atoms with E-state index < -0.39 is 5.82 Å². The number of likely N-dealkylation sites (N-methyl/N-ethyl adjacent to an activating group) is 1. The molecule has 7 heteroatoms. The first-order valence-electron chi connectivity index (χ1n) is 6.73. The number of hydrogen-bond donors (Lipinski definition) is 1. The molecule has 3 nitrogen and oxygen atoms in total. The van der Waals surface area contributed by atoms with Crippen LogP contribution < -0.4 is 5.32 Å². The Hall–Kier alpha value is -1.33. The van der Waals surface area contributed by atoms with Gasteiger partial charge in [0.1, 0.15) is 5.82 Å². The Bertz CT molecular complexity index is 684. The Morgan fingerprint density at radius 1 is 1.09 bits per heavy atom. The monoisotopic (exact) mass is 374 g/mol. The standard InChI is InChI=1S/C16H14Cl3FN2O/c1-22(8-10-11(17)4-3-7-14(10)20)9-15(23)21-16-12(18)5-2-6-13(16)19/h2-7H,8-9H2,1H3,(H,21,23). The van der Waals surface area contributed by atoms with Crippen molar-refractivity contribution in [3.05, 3.63) is 62.8 Å². The second-order valence-corrected chi connectivity index (χ2v) is 6.24. The molecule has 0 radical (unpaired) electrons. The average Bonchev–Trinajstić information content (AvgIpc) is 2.47. The fourth-order valence-corrected chi connectivity index (χ4v) is 2.77. The largest absolute Gasteiger partial charge is 0.322 e. The normalized spacial score (nSPS) is 10.9. The zero-order chi connectivity index (χ0) is 17.0. The summed E-state index contributed by atoms with van der Waals surface area (Å²) in [5.41, 5.74) is 0.707. The first kappa shape index (κ1) is 18.0. The van der Waals surface area contributed by atoms with Crippen molar-refractivity contribution in [3.8, 4) is 0 Å². The zero-order valence-corrected chi connectivity index (χ0v) is 14.5. The van der Waals surface area contributed by atoms with Gasteiger partial charge in [0.15, 0.2) is 0 Å². The van der Waals surface area contributed by atoms with Crippen molar-refractivity contribution in [1.82, 2.24) is 4.90 Å². The van der Waals surface area contributed by atoms with Crippen molar-refractivity contribution in [2.75, 3.05) is 18.9 Å². The Labute approximate surface area is 148 Å². The van der Waals surface area contributed by atoms with Gasteiger partial charge in [0.05, 0.1) is 22.3 Å². The smallest absolute Gasteiger partial charge is 0.238 e. The molecule has 2 aromatic rings. The van der Waals surface area contributed by atoms with Crippen LogP contribution in [0.15, 0.2) is 36.4 Å². The van der Waals surface area contributed by atoms with Crippen molar-refractivity contribution in [2.45, 2.75) is 6.54 Å². The minimum absolute atomic E-state index is 0.0339.